The van der Waals surface area contributed by atoms with Gasteiger partial charge in [0, 0.05) is 32.2 Å². The van der Waals surface area contributed by atoms with E-state index in [4.69, 9.17) is 5.73 Å². The Balaban J connectivity index is 0.00000304. The number of halogens is 1. The van der Waals surface area contributed by atoms with Gasteiger partial charge < -0.3 is 15.2 Å². The van der Waals surface area contributed by atoms with Gasteiger partial charge in [-0.25, -0.2) is 4.98 Å². The molecule has 0 aliphatic carbocycles. The van der Waals surface area contributed by atoms with Gasteiger partial charge >= 0.3 is 0 Å². The van der Waals surface area contributed by atoms with Gasteiger partial charge in [0.1, 0.15) is 28.5 Å². The number of rotatable bonds is 6. The molecule has 1 fully saturated rings. The van der Waals surface area contributed by atoms with Gasteiger partial charge in [-0.3, -0.25) is 9.36 Å². The minimum absolute atomic E-state index is 0. The maximum atomic E-state index is 13.7. The molecule has 0 amide bonds. The Hall–Kier alpha value is -3.86. The largest absolute Gasteiger partial charge is 0.355 e. The van der Waals surface area contributed by atoms with Crippen LogP contribution in [0.3, 0.4) is 0 Å². The lowest BCUT2D eigenvalue weighted by Gasteiger charge is -2.33. The van der Waals surface area contributed by atoms with E-state index in [1.807, 2.05) is 77.4 Å². The second kappa shape index (κ2) is 11.3. The maximum absolute atomic E-state index is 13.7. The number of benzene rings is 2. The highest BCUT2D eigenvalue weighted by atomic mass is 35.5. The van der Waals surface area contributed by atoms with Crippen molar-refractivity contribution in [1.29, 1.82) is 5.26 Å². The number of anilines is 1. The summed E-state index contributed by atoms with van der Waals surface area (Å²) >= 11 is 0. The monoisotopic (exact) mass is 500 g/mol. The number of nitriles is 1. The molecule has 2 aromatic carbocycles. The van der Waals surface area contributed by atoms with Crippen molar-refractivity contribution in [3.63, 3.8) is 0 Å². The second-order valence-electron chi connectivity index (χ2n) is 8.94. The van der Waals surface area contributed by atoms with E-state index in [9.17, 15) is 10.1 Å². The van der Waals surface area contributed by atoms with Gasteiger partial charge in [0.05, 0.1) is 6.33 Å². The van der Waals surface area contributed by atoms with Crippen LogP contribution in [0.2, 0.25) is 0 Å². The highest BCUT2D eigenvalue weighted by molar-refractivity contribution is 5.89. The Morgan fingerprint density at radius 2 is 1.83 bits per heavy atom. The highest BCUT2D eigenvalue weighted by Gasteiger charge is 2.28. The predicted molar refractivity (Wildman–Crippen MR) is 146 cm³/mol. The lowest BCUT2D eigenvalue weighted by Crippen LogP contribution is -2.44. The quantitative estimate of drug-likeness (QED) is 0.428. The van der Waals surface area contributed by atoms with Crippen LogP contribution in [0.1, 0.15) is 29.5 Å². The van der Waals surface area contributed by atoms with Crippen LogP contribution in [0.25, 0.3) is 17.1 Å². The minimum atomic E-state index is -0.160. The molecule has 0 saturated carbocycles. The first-order chi connectivity index (χ1) is 17.2. The molecule has 7 nitrogen and oxygen atoms in total. The molecule has 0 radical (unpaired) electrons. The van der Waals surface area contributed by atoms with Gasteiger partial charge in [-0.05, 0) is 24.0 Å². The fourth-order valence-electron chi connectivity index (χ4n) is 4.80. The van der Waals surface area contributed by atoms with Crippen LogP contribution in [0.5, 0.6) is 0 Å². The highest BCUT2D eigenvalue weighted by Crippen LogP contribution is 2.32. The van der Waals surface area contributed by atoms with Crippen molar-refractivity contribution < 1.29 is 0 Å². The predicted octanol–water partition coefficient (Wildman–Crippen LogP) is 4.18. The summed E-state index contributed by atoms with van der Waals surface area (Å²) in [4.78, 5) is 20.5. The van der Waals surface area contributed by atoms with Crippen LogP contribution in [-0.2, 0) is 13.1 Å². The van der Waals surface area contributed by atoms with E-state index in [1.54, 1.807) is 10.9 Å². The van der Waals surface area contributed by atoms with E-state index < -0.39 is 0 Å². The molecule has 184 valence electrons. The summed E-state index contributed by atoms with van der Waals surface area (Å²) in [6, 6.07) is 22.3. The number of nitrogens with two attached hydrogens (primary N) is 1. The smallest absolute Gasteiger partial charge is 0.278 e. The summed E-state index contributed by atoms with van der Waals surface area (Å²) < 4.78 is 3.56. The van der Waals surface area contributed by atoms with Gasteiger partial charge in [-0.1, -0.05) is 72.8 Å². The van der Waals surface area contributed by atoms with Crippen molar-refractivity contribution in [1.82, 2.24) is 14.1 Å². The zero-order valence-electron chi connectivity index (χ0n) is 20.0. The Morgan fingerprint density at radius 3 is 2.53 bits per heavy atom. The zero-order chi connectivity index (χ0) is 24.2. The summed E-state index contributed by atoms with van der Waals surface area (Å²) in [6.45, 7) is 2.30. The third-order valence-electron chi connectivity index (χ3n) is 6.46. The standard InChI is InChI=1S/C28H28N6O.ClH/c29-17-24-25-26(28(35)33(20-31-25)16-7-13-21-9-3-1-4-10-21)34(18-22-11-5-2-6-12-22)27(24)32-15-8-14-23(30)19-32;/h1-7,9-13,20,23H,8,14-16,18-19,30H2;1H/b13-7+;/t23-;/m0./s1. The van der Waals surface area contributed by atoms with Gasteiger partial charge in [0.15, 0.2) is 0 Å². The number of fused-ring (bicyclic) bond motifs is 1. The third kappa shape index (κ3) is 5.06. The van der Waals surface area contributed by atoms with E-state index in [1.165, 1.54) is 0 Å². The van der Waals surface area contributed by atoms with Gasteiger partial charge in [-0.15, -0.1) is 12.4 Å². The number of allylic oxidation sites excluding steroid dienone is 1. The Morgan fingerprint density at radius 1 is 1.11 bits per heavy atom. The second-order valence-corrected chi connectivity index (χ2v) is 8.94. The molecule has 1 atom stereocenters. The van der Waals surface area contributed by atoms with Crippen LogP contribution in [-0.4, -0.2) is 33.2 Å². The summed E-state index contributed by atoms with van der Waals surface area (Å²) in [7, 11) is 0. The van der Waals surface area contributed by atoms with Crippen molar-refractivity contribution in [3.05, 3.63) is 100 Å². The number of nitrogens with zero attached hydrogens (tertiary/aromatic N) is 5. The van der Waals surface area contributed by atoms with Crippen molar-refractivity contribution >= 4 is 35.3 Å². The molecule has 3 heterocycles. The molecule has 2 N–H and O–H groups in total. The van der Waals surface area contributed by atoms with Gasteiger partial charge in [0.25, 0.3) is 5.56 Å². The molecule has 0 spiro atoms. The topological polar surface area (TPSA) is 92.9 Å². The van der Waals surface area contributed by atoms with Crippen molar-refractivity contribution in [2.45, 2.75) is 32.0 Å². The summed E-state index contributed by atoms with van der Waals surface area (Å²) in [6.07, 6.45) is 7.38. The fraction of sp³-hybridized carbons (Fsp3) is 0.250. The van der Waals surface area contributed by atoms with Crippen LogP contribution in [0.4, 0.5) is 5.82 Å². The van der Waals surface area contributed by atoms with E-state index in [-0.39, 0.29) is 24.0 Å². The lowest BCUT2D eigenvalue weighted by atomic mass is 10.1. The average Bonchev–Trinajstić information content (AvgIpc) is 3.20. The molecule has 8 heteroatoms. The number of piperidine rings is 1. The molecule has 0 unspecified atom stereocenters. The molecule has 1 aliphatic rings. The van der Waals surface area contributed by atoms with Crippen LogP contribution < -0.4 is 16.2 Å². The minimum Gasteiger partial charge on any atom is -0.355 e. The van der Waals surface area contributed by atoms with Crippen LogP contribution in [0, 0.1) is 11.3 Å². The maximum Gasteiger partial charge on any atom is 0.278 e. The molecular formula is C28H29ClN6O. The molecule has 0 bridgehead atoms. The first-order valence-electron chi connectivity index (χ1n) is 11.9. The molecular weight excluding hydrogens is 472 g/mol. The first kappa shape index (κ1) is 25.2. The summed E-state index contributed by atoms with van der Waals surface area (Å²) in [5.74, 6) is 0.740. The van der Waals surface area contributed by atoms with E-state index >= 15 is 0 Å². The molecule has 1 saturated heterocycles. The molecule has 1 aliphatic heterocycles. The first-order valence-corrected chi connectivity index (χ1v) is 11.9. The molecule has 36 heavy (non-hydrogen) atoms. The van der Waals surface area contributed by atoms with Gasteiger partial charge in [0.2, 0.25) is 0 Å². The summed E-state index contributed by atoms with van der Waals surface area (Å²) in [5.41, 5.74) is 9.59. The SMILES string of the molecule is Cl.N#Cc1c(N2CCC[C@H](N)C2)n(Cc2ccccc2)c2c(=O)n(C/C=C/c3ccccc3)cnc12. The normalized spacial score (nSPS) is 15.7. The number of aromatic nitrogens is 3. The van der Waals surface area contributed by atoms with Crippen LogP contribution in [0.15, 0.2) is 77.9 Å². The van der Waals surface area contributed by atoms with Gasteiger partial charge in [-0.2, -0.15) is 5.26 Å². The Kier molecular flexibility index (Phi) is 7.89. The summed E-state index contributed by atoms with van der Waals surface area (Å²) in [5, 5.41) is 10.1. The fourth-order valence-corrected chi connectivity index (χ4v) is 4.80. The van der Waals surface area contributed by atoms with E-state index in [0.717, 1.165) is 36.3 Å². The molecule has 4 aromatic rings. The zero-order valence-corrected chi connectivity index (χ0v) is 20.8. The number of hydrogen-bond acceptors (Lipinski definition) is 5. The number of hydrogen-bond donors (Lipinski definition) is 1. The van der Waals surface area contributed by atoms with Crippen molar-refractivity contribution in [2.75, 3.05) is 18.0 Å². The van der Waals surface area contributed by atoms with E-state index in [2.05, 4.69) is 16.0 Å². The molecule has 5 rings (SSSR count). The van der Waals surface area contributed by atoms with Crippen molar-refractivity contribution in [3.8, 4) is 6.07 Å². The molecule has 2 aromatic heterocycles. The van der Waals surface area contributed by atoms with Crippen LogP contribution >= 0.6 is 12.4 Å². The van der Waals surface area contributed by atoms with Crippen molar-refractivity contribution in [2.24, 2.45) is 5.73 Å². The van der Waals surface area contributed by atoms with E-state index in [0.29, 0.717) is 36.2 Å². The third-order valence-corrected chi connectivity index (χ3v) is 6.46. The Bertz CT molecular complexity index is 1450. The average molecular weight is 501 g/mol. The Labute approximate surface area is 216 Å². The lowest BCUT2D eigenvalue weighted by molar-refractivity contribution is 0.498.